The summed E-state index contributed by atoms with van der Waals surface area (Å²) in [7, 11) is 0. The predicted molar refractivity (Wildman–Crippen MR) is 408 cm³/mol. The van der Waals surface area contributed by atoms with Gasteiger partial charge in [0.25, 0.3) is 0 Å². The van der Waals surface area contributed by atoms with Crippen LogP contribution in [0.3, 0.4) is 0 Å². The summed E-state index contributed by atoms with van der Waals surface area (Å²) in [6.45, 7) is 27.6. The van der Waals surface area contributed by atoms with Gasteiger partial charge in [-0.25, -0.2) is 28.8 Å². The molecular weight excluding hydrogens is 1330 g/mol. The molecule has 1 fully saturated rings. The van der Waals surface area contributed by atoms with Crippen LogP contribution >= 0.6 is 0 Å². The second-order valence-corrected chi connectivity index (χ2v) is 22.6. The second-order valence-electron chi connectivity index (χ2n) is 22.6. The average molecular weight is 1420 g/mol. The molecule has 0 spiro atoms. The van der Waals surface area contributed by atoms with E-state index in [1.54, 1.807) is 0 Å². The smallest absolute Gasteiger partial charge is 0.330 e. The third-order valence-corrected chi connectivity index (χ3v) is 14.7. The summed E-state index contributed by atoms with van der Waals surface area (Å²) < 4.78 is 56.7. The highest BCUT2D eigenvalue weighted by Crippen LogP contribution is 2.33. The molecule has 0 aliphatic carbocycles. The van der Waals surface area contributed by atoms with Gasteiger partial charge in [0, 0.05) is 54.0 Å². The maximum atomic E-state index is 11.0. The lowest BCUT2D eigenvalue weighted by molar-refractivity contribution is -0.141. The van der Waals surface area contributed by atoms with E-state index < -0.39 is 29.8 Å². The molecule has 0 amide bonds. The normalized spacial score (nSPS) is 11.3. The van der Waals surface area contributed by atoms with Gasteiger partial charge in [0.1, 0.15) is 88.2 Å². The number of rotatable bonds is 30. The SMILES string of the molecule is C=CC(=O)OCC1CCCO1.C=CC(=O)OCCOc1ccc(C(C)(C)c2ccccc2)cc1.C=CC(=O)OCCOc1ccccc1.C=CC(=O)OCCOc1ccccc1-c1ccccc1.C=CC(=O)OCc1ccc(-c2ccccc2)cc1.C=CC(=O)OCc1cccc(Oc2ccccc2)c1. The minimum atomic E-state index is -0.440. The van der Waals surface area contributed by atoms with Crippen LogP contribution < -0.4 is 18.9 Å². The molecule has 1 saturated heterocycles. The number of hydrogen-bond donors (Lipinski definition) is 0. The van der Waals surface area contributed by atoms with Crippen molar-refractivity contribution in [3.63, 3.8) is 0 Å². The summed E-state index contributed by atoms with van der Waals surface area (Å²) in [5.74, 6) is 1.25. The van der Waals surface area contributed by atoms with Crippen molar-refractivity contribution in [3.05, 3.63) is 347 Å². The number of carbonyl (C=O) groups is 6. The topological polar surface area (TPSA) is 204 Å². The van der Waals surface area contributed by atoms with E-state index in [2.05, 4.69) is 102 Å². The monoisotopic (exact) mass is 1420 g/mol. The van der Waals surface area contributed by atoms with E-state index >= 15 is 0 Å². The summed E-state index contributed by atoms with van der Waals surface area (Å²) >= 11 is 0. The lowest BCUT2D eigenvalue weighted by Gasteiger charge is -2.26. The average Bonchev–Trinajstić information content (AvgIpc) is 1.17. The first kappa shape index (κ1) is 83.1. The lowest BCUT2D eigenvalue weighted by Crippen LogP contribution is -2.18. The number of carbonyl (C=O) groups excluding carboxylic acids is 6. The molecule has 544 valence electrons. The maximum Gasteiger partial charge on any atom is 0.330 e. The van der Waals surface area contributed by atoms with Crippen LogP contribution in [-0.2, 0) is 80.6 Å². The van der Waals surface area contributed by atoms with Gasteiger partial charge in [0.05, 0.1) is 6.10 Å². The molecule has 17 heteroatoms. The van der Waals surface area contributed by atoms with Gasteiger partial charge in [-0.05, 0) is 106 Å². The molecule has 10 rings (SSSR count). The Morgan fingerprint density at radius 1 is 0.371 bits per heavy atom. The molecule has 1 aliphatic rings. The van der Waals surface area contributed by atoms with E-state index in [4.69, 9.17) is 52.1 Å². The van der Waals surface area contributed by atoms with Crippen molar-refractivity contribution in [1.82, 2.24) is 0 Å². The van der Waals surface area contributed by atoms with Gasteiger partial charge in [-0.1, -0.05) is 247 Å². The maximum absolute atomic E-state index is 11.0. The van der Waals surface area contributed by atoms with Crippen molar-refractivity contribution in [2.45, 2.75) is 51.4 Å². The van der Waals surface area contributed by atoms with E-state index in [0.717, 1.165) is 101 Å². The summed E-state index contributed by atoms with van der Waals surface area (Å²) in [5, 5.41) is 0. The van der Waals surface area contributed by atoms with Crippen LogP contribution in [-0.4, -0.2) is 94.8 Å². The Balaban J connectivity index is 0.000000229. The van der Waals surface area contributed by atoms with Crippen LogP contribution in [0.1, 0.15) is 48.9 Å². The van der Waals surface area contributed by atoms with Gasteiger partial charge in [-0.2, -0.15) is 0 Å². The zero-order chi connectivity index (χ0) is 75.5. The molecule has 9 aromatic carbocycles. The molecule has 0 bridgehead atoms. The number of esters is 6. The van der Waals surface area contributed by atoms with Crippen LogP contribution in [0, 0.1) is 0 Å². The first-order valence-corrected chi connectivity index (χ1v) is 33.6. The summed E-state index contributed by atoms with van der Waals surface area (Å²) in [4.78, 5) is 65.0. The van der Waals surface area contributed by atoms with E-state index in [9.17, 15) is 28.8 Å². The van der Waals surface area contributed by atoms with Gasteiger partial charge in [0.2, 0.25) is 0 Å². The summed E-state index contributed by atoms with van der Waals surface area (Å²) in [6.07, 6.45) is 9.04. The summed E-state index contributed by atoms with van der Waals surface area (Å²) in [6, 6.07) is 80.6. The summed E-state index contributed by atoms with van der Waals surface area (Å²) in [5.41, 5.74) is 8.67. The number of para-hydroxylation sites is 3. The van der Waals surface area contributed by atoms with Gasteiger partial charge >= 0.3 is 35.8 Å². The first-order chi connectivity index (χ1) is 51.1. The highest BCUT2D eigenvalue weighted by Gasteiger charge is 2.23. The van der Waals surface area contributed by atoms with Crippen LogP contribution in [0.25, 0.3) is 22.3 Å². The number of hydrogen-bond acceptors (Lipinski definition) is 17. The third kappa shape index (κ3) is 33.6. The molecule has 1 unspecified atom stereocenters. The molecule has 0 N–H and O–H groups in total. The van der Waals surface area contributed by atoms with Crippen molar-refractivity contribution in [2.24, 2.45) is 0 Å². The van der Waals surface area contributed by atoms with Crippen molar-refractivity contribution in [2.75, 3.05) is 52.9 Å². The van der Waals surface area contributed by atoms with Crippen molar-refractivity contribution in [3.8, 4) is 51.0 Å². The Labute approximate surface area is 615 Å². The zero-order valence-corrected chi connectivity index (χ0v) is 59.4. The fraction of sp³-hybridized carbons (Fsp3) is 0.182. The standard InChI is InChI=1S/C20H22O3.C17H16O3.C16H14O3.C16H14O2.C11H12O3.C8H12O3/c1-4-19(21)23-15-14-22-18-12-10-17(11-13-18)20(2,3)16-8-6-5-7-9-16;1-2-17(18)20-13-12-19-16-11-7-6-10-15(16)14-8-4-3-5-9-14;1-2-16(17)18-12-13-7-6-10-15(11-13)19-14-8-4-3-5-9-14;1-2-16(17)18-12-13-8-10-15(11-9-13)14-6-4-3-5-7-14;1-2-11(12)14-9-8-13-10-6-4-3-5-7-10;1-2-8(9)11-6-7-4-3-5-10-7/h4-13H,1,14-15H2,2-3H3;2-11H,1,12-13H2;2-11H,1,12H2;2-11H,1,12H2;2-7H,1,8-9H2;2,7H,1,3-6H2. The Hall–Kier alpha value is -12.6. The molecule has 105 heavy (non-hydrogen) atoms. The zero-order valence-electron chi connectivity index (χ0n) is 59.4. The fourth-order valence-corrected chi connectivity index (χ4v) is 9.21. The Morgan fingerprint density at radius 3 is 1.28 bits per heavy atom. The van der Waals surface area contributed by atoms with E-state index in [-0.39, 0.29) is 50.5 Å². The van der Waals surface area contributed by atoms with Gasteiger partial charge in [0.15, 0.2) is 0 Å². The third-order valence-electron chi connectivity index (χ3n) is 14.7. The second kappa shape index (κ2) is 49.1. The lowest BCUT2D eigenvalue weighted by atomic mass is 9.78. The van der Waals surface area contributed by atoms with E-state index in [1.165, 1.54) is 22.8 Å². The van der Waals surface area contributed by atoms with Crippen molar-refractivity contribution in [1.29, 1.82) is 0 Å². The van der Waals surface area contributed by atoms with Crippen molar-refractivity contribution >= 4 is 35.8 Å². The Kier molecular flexibility index (Phi) is 38.8. The van der Waals surface area contributed by atoms with Crippen LogP contribution in [0.4, 0.5) is 0 Å². The molecule has 17 nitrogen and oxygen atoms in total. The number of ether oxygens (including phenoxy) is 11. The van der Waals surface area contributed by atoms with E-state index in [1.807, 2.05) is 200 Å². The van der Waals surface area contributed by atoms with Gasteiger partial charge in [-0.15, -0.1) is 0 Å². The van der Waals surface area contributed by atoms with E-state index in [0.29, 0.717) is 32.2 Å². The molecule has 0 aromatic heterocycles. The Bertz CT molecular complexity index is 4080. The predicted octanol–water partition coefficient (Wildman–Crippen LogP) is 17.6. The van der Waals surface area contributed by atoms with Crippen LogP contribution in [0.15, 0.2) is 325 Å². The largest absolute Gasteiger partial charge is 0.490 e. The minimum Gasteiger partial charge on any atom is -0.490 e. The van der Waals surface area contributed by atoms with Crippen LogP contribution in [0.5, 0.6) is 28.7 Å². The Morgan fingerprint density at radius 2 is 0.771 bits per heavy atom. The molecule has 1 heterocycles. The highest BCUT2D eigenvalue weighted by molar-refractivity contribution is 5.83. The molecule has 9 aromatic rings. The quantitative estimate of drug-likeness (QED) is 0.0178. The van der Waals surface area contributed by atoms with Gasteiger partial charge < -0.3 is 52.1 Å². The van der Waals surface area contributed by atoms with Crippen molar-refractivity contribution < 1.29 is 80.9 Å². The first-order valence-electron chi connectivity index (χ1n) is 33.6. The molecule has 1 aliphatic heterocycles. The highest BCUT2D eigenvalue weighted by atomic mass is 16.6. The van der Waals surface area contributed by atoms with Gasteiger partial charge in [-0.3, -0.25) is 0 Å². The van der Waals surface area contributed by atoms with Crippen LogP contribution in [0.2, 0.25) is 0 Å². The minimum absolute atomic E-state index is 0.0702. The molecule has 0 radical (unpaired) electrons. The molecule has 1 atom stereocenters. The molecular formula is C88H90O17. The fourth-order valence-electron chi connectivity index (χ4n) is 9.21. The number of benzene rings is 9. The molecule has 0 saturated carbocycles.